The predicted molar refractivity (Wildman–Crippen MR) is 104 cm³/mol. The smallest absolute Gasteiger partial charge is 0.243 e. The average Bonchev–Trinajstić information content (AvgIpc) is 3.26. The summed E-state index contributed by atoms with van der Waals surface area (Å²) < 4.78 is 28.4. The van der Waals surface area contributed by atoms with E-state index in [0.717, 1.165) is 32.1 Å². The Bertz CT molecular complexity index is 806. The quantitative estimate of drug-likeness (QED) is 0.217. The number of aromatic hydroxyl groups is 1. The van der Waals surface area contributed by atoms with Crippen molar-refractivity contribution in [1.82, 2.24) is 10.2 Å². The van der Waals surface area contributed by atoms with Gasteiger partial charge < -0.3 is 5.11 Å². The highest BCUT2D eigenvalue weighted by atomic mass is 32.2. The Labute approximate surface area is 165 Å². The Hall–Kier alpha value is -1.90. The molecule has 3 rings (SSSR count). The molecule has 154 valence electrons. The van der Waals surface area contributed by atoms with Gasteiger partial charge in [-0.05, 0) is 80.5 Å². The van der Waals surface area contributed by atoms with Crippen molar-refractivity contribution in [2.24, 2.45) is 17.8 Å². The van der Waals surface area contributed by atoms with Crippen LogP contribution >= 0.6 is 0 Å². The van der Waals surface area contributed by atoms with Gasteiger partial charge in [-0.1, -0.05) is 12.2 Å². The van der Waals surface area contributed by atoms with E-state index in [0.29, 0.717) is 18.3 Å². The Morgan fingerprint density at radius 1 is 1.14 bits per heavy atom. The lowest BCUT2D eigenvalue weighted by Crippen LogP contribution is -2.43. The molecule has 0 aliphatic heterocycles. The number of fused-ring (bicyclic) bond motifs is 2. The number of sulfonamides is 1. The van der Waals surface area contributed by atoms with Crippen LogP contribution in [0.15, 0.2) is 41.3 Å². The summed E-state index contributed by atoms with van der Waals surface area (Å²) in [5.74, 6) is 0.858. The number of rotatable bonds is 9. The largest absolute Gasteiger partial charge is 0.508 e. The molecule has 1 aromatic carbocycles. The maximum Gasteiger partial charge on any atom is 0.243 e. The van der Waals surface area contributed by atoms with Gasteiger partial charge in [0.15, 0.2) is 0 Å². The predicted octanol–water partition coefficient (Wildman–Crippen LogP) is 2.71. The van der Waals surface area contributed by atoms with Crippen LogP contribution in [-0.2, 0) is 14.8 Å². The zero-order chi connectivity index (χ0) is 20.1. The normalized spacial score (nSPS) is 26.8. The molecule has 4 atom stereocenters. The van der Waals surface area contributed by atoms with Gasteiger partial charge in [-0.15, -0.1) is 0 Å². The number of carbonyl (C=O) groups excluding carboxylic acids is 1. The second-order valence-corrected chi connectivity index (χ2v) is 9.49. The highest BCUT2D eigenvalue weighted by Gasteiger charge is 2.48. The molecule has 4 N–H and O–H groups in total. The van der Waals surface area contributed by atoms with Crippen LogP contribution in [0.1, 0.15) is 44.9 Å². The molecule has 4 unspecified atom stereocenters. The number of hydrogen-bond acceptors (Lipinski definition) is 5. The zero-order valence-electron chi connectivity index (χ0n) is 15.8. The molecule has 1 aromatic rings. The molecule has 2 bridgehead atoms. The Morgan fingerprint density at radius 2 is 1.86 bits per heavy atom. The molecule has 0 aromatic heterocycles. The molecular weight excluding hydrogens is 380 g/mol. The summed E-state index contributed by atoms with van der Waals surface area (Å²) in [5, 5.41) is 17.9. The first kappa shape index (κ1) is 20.8. The fraction of sp³-hybridized carbons (Fsp3) is 0.550. The number of benzene rings is 1. The third-order valence-corrected chi connectivity index (χ3v) is 7.48. The van der Waals surface area contributed by atoms with Crippen molar-refractivity contribution >= 4 is 15.9 Å². The van der Waals surface area contributed by atoms with E-state index in [2.05, 4.69) is 10.8 Å². The van der Waals surface area contributed by atoms with Crippen LogP contribution in [0.2, 0.25) is 0 Å². The van der Waals surface area contributed by atoms with Crippen LogP contribution in [0, 0.1) is 17.8 Å². The molecule has 0 saturated heterocycles. The molecule has 2 fully saturated rings. The van der Waals surface area contributed by atoms with E-state index in [-0.39, 0.29) is 34.9 Å². The van der Waals surface area contributed by atoms with Gasteiger partial charge in [0, 0.05) is 12.5 Å². The van der Waals surface area contributed by atoms with Gasteiger partial charge in [0.05, 0.1) is 4.90 Å². The molecule has 0 spiro atoms. The molecule has 28 heavy (non-hydrogen) atoms. The van der Waals surface area contributed by atoms with Gasteiger partial charge in [0.2, 0.25) is 15.9 Å². The van der Waals surface area contributed by atoms with Gasteiger partial charge in [-0.25, -0.2) is 18.6 Å². The van der Waals surface area contributed by atoms with Crippen molar-refractivity contribution in [1.29, 1.82) is 0 Å². The zero-order valence-corrected chi connectivity index (χ0v) is 16.6. The van der Waals surface area contributed by atoms with E-state index in [1.54, 1.807) is 5.48 Å². The Balaban J connectivity index is 1.58. The Morgan fingerprint density at radius 3 is 2.57 bits per heavy atom. The molecule has 7 nitrogen and oxygen atoms in total. The van der Waals surface area contributed by atoms with Gasteiger partial charge >= 0.3 is 0 Å². The molecular formula is C20H28N2O5S. The van der Waals surface area contributed by atoms with Gasteiger partial charge in [0.1, 0.15) is 5.75 Å². The van der Waals surface area contributed by atoms with E-state index < -0.39 is 10.0 Å². The fourth-order valence-corrected chi connectivity index (χ4v) is 5.97. The van der Waals surface area contributed by atoms with E-state index in [4.69, 9.17) is 5.21 Å². The lowest BCUT2D eigenvalue weighted by molar-refractivity contribution is -0.129. The van der Waals surface area contributed by atoms with Crippen molar-refractivity contribution in [3.05, 3.63) is 36.4 Å². The Kier molecular flexibility index (Phi) is 6.74. The van der Waals surface area contributed by atoms with Crippen molar-refractivity contribution in [2.45, 2.75) is 55.9 Å². The molecule has 1 amide bonds. The number of carbonyl (C=O) groups is 1. The van der Waals surface area contributed by atoms with Crippen molar-refractivity contribution in [3.8, 4) is 5.75 Å². The third-order valence-electron chi connectivity index (χ3n) is 6.00. The van der Waals surface area contributed by atoms with Crippen LogP contribution in [0.4, 0.5) is 0 Å². The number of unbranched alkanes of at least 4 members (excludes halogenated alkanes) is 1. The van der Waals surface area contributed by atoms with Gasteiger partial charge in [-0.3, -0.25) is 10.0 Å². The summed E-state index contributed by atoms with van der Waals surface area (Å²) in [6.45, 7) is 0. The molecule has 2 saturated carbocycles. The average molecular weight is 409 g/mol. The number of hydroxylamine groups is 1. The highest BCUT2D eigenvalue weighted by molar-refractivity contribution is 7.89. The number of nitrogens with one attached hydrogen (secondary N) is 2. The minimum atomic E-state index is -3.62. The molecule has 2 aliphatic carbocycles. The number of amides is 1. The molecule has 0 radical (unpaired) electrons. The second-order valence-electron chi connectivity index (χ2n) is 7.77. The maximum atomic E-state index is 12.8. The fourth-order valence-electron chi connectivity index (χ4n) is 4.61. The molecule has 8 heteroatoms. The second kappa shape index (κ2) is 9.07. The van der Waals surface area contributed by atoms with Crippen LogP contribution in [0.25, 0.3) is 0 Å². The van der Waals surface area contributed by atoms with Gasteiger partial charge in [-0.2, -0.15) is 0 Å². The highest BCUT2D eigenvalue weighted by Crippen LogP contribution is 2.50. The van der Waals surface area contributed by atoms with E-state index in [1.165, 1.54) is 24.3 Å². The van der Waals surface area contributed by atoms with Crippen LogP contribution in [0.5, 0.6) is 5.75 Å². The minimum absolute atomic E-state index is 0.0401. The van der Waals surface area contributed by atoms with E-state index >= 15 is 0 Å². The molecule has 0 heterocycles. The monoisotopic (exact) mass is 408 g/mol. The van der Waals surface area contributed by atoms with Crippen LogP contribution in [0.3, 0.4) is 0 Å². The third kappa shape index (κ3) is 4.92. The van der Waals surface area contributed by atoms with Crippen molar-refractivity contribution < 1.29 is 23.5 Å². The number of hydrogen-bond donors (Lipinski definition) is 4. The summed E-state index contributed by atoms with van der Waals surface area (Å²) in [6.07, 6.45) is 9.90. The lowest BCUT2D eigenvalue weighted by atomic mass is 9.83. The van der Waals surface area contributed by atoms with E-state index in [1.807, 2.05) is 6.08 Å². The number of phenolic OH excluding ortho intramolecular Hbond substituents is 1. The summed E-state index contributed by atoms with van der Waals surface area (Å²) in [7, 11) is -3.62. The molecule has 2 aliphatic rings. The lowest BCUT2D eigenvalue weighted by Gasteiger charge is -2.31. The maximum absolute atomic E-state index is 12.8. The van der Waals surface area contributed by atoms with Gasteiger partial charge in [0.25, 0.3) is 0 Å². The number of phenols is 1. The first-order valence-electron chi connectivity index (χ1n) is 9.80. The summed E-state index contributed by atoms with van der Waals surface area (Å²) in [5.41, 5.74) is 1.62. The van der Waals surface area contributed by atoms with Crippen molar-refractivity contribution in [3.63, 3.8) is 0 Å². The topological polar surface area (TPSA) is 116 Å². The summed E-state index contributed by atoms with van der Waals surface area (Å²) in [4.78, 5) is 11.2. The minimum Gasteiger partial charge on any atom is -0.508 e. The first-order valence-corrected chi connectivity index (χ1v) is 11.3. The van der Waals surface area contributed by atoms with Crippen LogP contribution in [-0.4, -0.2) is 30.7 Å². The summed E-state index contributed by atoms with van der Waals surface area (Å²) >= 11 is 0. The summed E-state index contributed by atoms with van der Waals surface area (Å²) in [6, 6.07) is 5.53. The SMILES string of the molecule is O=C(CCC/C=C\CC1C2CCC(C2)C1NS(=O)(=O)c1ccc(O)cc1)NO. The van der Waals surface area contributed by atoms with E-state index in [9.17, 15) is 18.3 Å². The first-order chi connectivity index (χ1) is 13.4. The standard InChI is InChI=1S/C20H28N2O5S/c23-16-9-11-17(12-10-16)28(26,27)22-20-15-8-7-14(13-15)18(20)5-3-1-2-4-6-19(24)21-25/h1,3,9-12,14-15,18,20,22-23,25H,2,4-8,13H2,(H,21,24)/b3-1-. The van der Waals surface area contributed by atoms with Crippen LogP contribution < -0.4 is 10.2 Å². The number of allylic oxidation sites excluding steroid dienone is 2. The van der Waals surface area contributed by atoms with Crippen molar-refractivity contribution in [2.75, 3.05) is 0 Å².